The van der Waals surface area contributed by atoms with E-state index < -0.39 is 0 Å². The Balaban J connectivity index is 3.01. The summed E-state index contributed by atoms with van der Waals surface area (Å²) in [5, 5.41) is 0. The van der Waals surface area contributed by atoms with Gasteiger partial charge in [0, 0.05) is 4.47 Å². The van der Waals surface area contributed by atoms with E-state index in [0.29, 0.717) is 0 Å². The summed E-state index contributed by atoms with van der Waals surface area (Å²) < 4.78 is 1.10. The van der Waals surface area contributed by atoms with E-state index in [0.717, 1.165) is 10.0 Å². The van der Waals surface area contributed by atoms with Gasteiger partial charge in [0.1, 0.15) is 0 Å². The van der Waals surface area contributed by atoms with E-state index in [2.05, 4.69) is 48.1 Å². The Morgan fingerprint density at radius 2 is 2.14 bits per heavy atom. The number of aryl methyl sites for hydroxylation is 1. The van der Waals surface area contributed by atoms with Crippen molar-refractivity contribution in [2.24, 2.45) is 0 Å². The number of benzene rings is 1. The molecular formula is C13H13Br. The van der Waals surface area contributed by atoms with E-state index in [-0.39, 0.29) is 0 Å². The number of rotatable bonds is 3. The highest BCUT2D eigenvalue weighted by Gasteiger charge is 1.99. The van der Waals surface area contributed by atoms with Crippen molar-refractivity contribution in [2.45, 2.75) is 6.92 Å². The molecule has 14 heavy (non-hydrogen) atoms. The summed E-state index contributed by atoms with van der Waals surface area (Å²) in [6.45, 7) is 9.71. The Kier molecular flexibility index (Phi) is 3.90. The summed E-state index contributed by atoms with van der Waals surface area (Å²) in [7, 11) is 0. The lowest BCUT2D eigenvalue weighted by molar-refractivity contribution is 1.41. The van der Waals surface area contributed by atoms with Crippen LogP contribution in [0.5, 0.6) is 0 Å². The zero-order chi connectivity index (χ0) is 10.6. The molecule has 1 aromatic rings. The molecule has 1 rings (SSSR count). The van der Waals surface area contributed by atoms with Gasteiger partial charge < -0.3 is 0 Å². The molecule has 0 aliphatic carbocycles. The van der Waals surface area contributed by atoms with Crippen LogP contribution in [0.4, 0.5) is 0 Å². The predicted octanol–water partition coefficient (Wildman–Crippen LogP) is 4.51. The monoisotopic (exact) mass is 248 g/mol. The highest BCUT2D eigenvalue weighted by Crippen LogP contribution is 2.22. The Hall–Kier alpha value is -1.08. The fourth-order valence-corrected chi connectivity index (χ4v) is 1.74. The van der Waals surface area contributed by atoms with E-state index in [4.69, 9.17) is 0 Å². The van der Waals surface area contributed by atoms with Crippen molar-refractivity contribution in [3.63, 3.8) is 0 Å². The molecular weight excluding hydrogens is 236 g/mol. The third-order valence-electron chi connectivity index (χ3n) is 1.97. The highest BCUT2D eigenvalue weighted by molar-refractivity contribution is 9.10. The zero-order valence-corrected chi connectivity index (χ0v) is 9.84. The van der Waals surface area contributed by atoms with E-state index >= 15 is 0 Å². The lowest BCUT2D eigenvalue weighted by atomic mass is 10.0. The van der Waals surface area contributed by atoms with Crippen LogP contribution >= 0.6 is 15.9 Å². The summed E-state index contributed by atoms with van der Waals surface area (Å²) in [6, 6.07) is 6.17. The van der Waals surface area contributed by atoms with Crippen LogP contribution in [-0.4, -0.2) is 0 Å². The van der Waals surface area contributed by atoms with Gasteiger partial charge in [-0.05, 0) is 35.8 Å². The van der Waals surface area contributed by atoms with E-state index in [1.165, 1.54) is 11.1 Å². The van der Waals surface area contributed by atoms with Crippen molar-refractivity contribution in [1.29, 1.82) is 0 Å². The van der Waals surface area contributed by atoms with E-state index in [1.54, 1.807) is 6.08 Å². The van der Waals surface area contributed by atoms with Gasteiger partial charge in [0.2, 0.25) is 0 Å². The first-order valence-electron chi connectivity index (χ1n) is 4.39. The molecule has 0 nitrogen and oxygen atoms in total. The van der Waals surface area contributed by atoms with Crippen molar-refractivity contribution < 1.29 is 0 Å². The minimum absolute atomic E-state index is 1.01. The summed E-state index contributed by atoms with van der Waals surface area (Å²) in [5.74, 6) is 0. The Bertz CT molecular complexity index is 386. The van der Waals surface area contributed by atoms with Crippen LogP contribution in [0.25, 0.3) is 5.57 Å². The second kappa shape index (κ2) is 4.97. The maximum atomic E-state index is 4.00. The number of allylic oxidation sites excluding steroid dienone is 4. The van der Waals surface area contributed by atoms with Crippen molar-refractivity contribution in [3.8, 4) is 0 Å². The van der Waals surface area contributed by atoms with Crippen LogP contribution in [0.15, 0.2) is 54.1 Å². The standard InChI is InChI=1S/C13H13Br/c1-4-5-6-10(2)13-8-7-12(14)9-11(13)3/h4-9H,1-2H2,3H3/b6-5-. The zero-order valence-electron chi connectivity index (χ0n) is 8.26. The van der Waals surface area contributed by atoms with Gasteiger partial charge in [-0.1, -0.05) is 53.4 Å². The van der Waals surface area contributed by atoms with Crippen LogP contribution in [0.2, 0.25) is 0 Å². The summed E-state index contributed by atoms with van der Waals surface area (Å²) >= 11 is 3.43. The molecule has 1 heteroatoms. The van der Waals surface area contributed by atoms with Gasteiger partial charge in [0.15, 0.2) is 0 Å². The SMILES string of the molecule is C=C/C=C\C(=C)c1ccc(Br)cc1C. The largest absolute Gasteiger partial charge is 0.0991 e. The maximum absolute atomic E-state index is 4.00. The average Bonchev–Trinajstić information content (AvgIpc) is 2.14. The predicted molar refractivity (Wildman–Crippen MR) is 67.3 cm³/mol. The maximum Gasteiger partial charge on any atom is 0.0178 e. The van der Waals surface area contributed by atoms with Gasteiger partial charge in [0.25, 0.3) is 0 Å². The fraction of sp³-hybridized carbons (Fsp3) is 0.0769. The van der Waals surface area contributed by atoms with Gasteiger partial charge in [-0.2, -0.15) is 0 Å². The van der Waals surface area contributed by atoms with Crippen LogP contribution in [-0.2, 0) is 0 Å². The molecule has 0 spiro atoms. The van der Waals surface area contributed by atoms with E-state index in [9.17, 15) is 0 Å². The Morgan fingerprint density at radius 3 is 2.71 bits per heavy atom. The first-order valence-corrected chi connectivity index (χ1v) is 5.19. The van der Waals surface area contributed by atoms with Crippen molar-refractivity contribution >= 4 is 21.5 Å². The lowest BCUT2D eigenvalue weighted by Gasteiger charge is -2.05. The molecule has 0 aliphatic heterocycles. The average molecular weight is 249 g/mol. The lowest BCUT2D eigenvalue weighted by Crippen LogP contribution is -1.84. The fourth-order valence-electron chi connectivity index (χ4n) is 1.26. The summed E-state index contributed by atoms with van der Waals surface area (Å²) in [4.78, 5) is 0. The molecule has 0 N–H and O–H groups in total. The van der Waals surface area contributed by atoms with Gasteiger partial charge in [0.05, 0.1) is 0 Å². The first-order chi connectivity index (χ1) is 6.65. The van der Waals surface area contributed by atoms with Crippen LogP contribution in [0.3, 0.4) is 0 Å². The molecule has 0 bridgehead atoms. The molecule has 0 aliphatic rings. The molecule has 0 saturated carbocycles. The third kappa shape index (κ3) is 2.71. The van der Waals surface area contributed by atoms with Gasteiger partial charge in [-0.3, -0.25) is 0 Å². The second-order valence-electron chi connectivity index (χ2n) is 3.08. The summed E-state index contributed by atoms with van der Waals surface area (Å²) in [6.07, 6.45) is 5.60. The van der Waals surface area contributed by atoms with Crippen LogP contribution < -0.4 is 0 Å². The van der Waals surface area contributed by atoms with E-state index in [1.807, 2.05) is 18.2 Å². The number of halogens is 1. The first kappa shape index (κ1) is 11.0. The summed E-state index contributed by atoms with van der Waals surface area (Å²) in [5.41, 5.74) is 3.40. The van der Waals surface area contributed by atoms with Gasteiger partial charge in [-0.15, -0.1) is 0 Å². The molecule has 0 radical (unpaired) electrons. The normalized spacial score (nSPS) is 10.4. The van der Waals surface area contributed by atoms with Crippen molar-refractivity contribution in [1.82, 2.24) is 0 Å². The van der Waals surface area contributed by atoms with Crippen molar-refractivity contribution in [2.75, 3.05) is 0 Å². The third-order valence-corrected chi connectivity index (χ3v) is 2.46. The second-order valence-corrected chi connectivity index (χ2v) is 3.99. The molecule has 0 atom stereocenters. The molecule has 0 heterocycles. The number of hydrogen-bond acceptors (Lipinski definition) is 0. The van der Waals surface area contributed by atoms with Gasteiger partial charge >= 0.3 is 0 Å². The molecule has 1 aromatic carbocycles. The minimum atomic E-state index is 1.01. The smallest absolute Gasteiger partial charge is 0.0178 e. The molecule has 72 valence electrons. The molecule has 0 fully saturated rings. The minimum Gasteiger partial charge on any atom is -0.0991 e. The van der Waals surface area contributed by atoms with Crippen molar-refractivity contribution in [3.05, 3.63) is 65.2 Å². The van der Waals surface area contributed by atoms with Gasteiger partial charge in [-0.25, -0.2) is 0 Å². The van der Waals surface area contributed by atoms with Crippen LogP contribution in [0, 0.1) is 6.92 Å². The molecule has 0 amide bonds. The molecule has 0 aromatic heterocycles. The van der Waals surface area contributed by atoms with Crippen LogP contribution in [0.1, 0.15) is 11.1 Å². The Labute approximate surface area is 93.8 Å². The Morgan fingerprint density at radius 1 is 1.43 bits per heavy atom. The topological polar surface area (TPSA) is 0 Å². The highest BCUT2D eigenvalue weighted by atomic mass is 79.9. The molecule has 0 unspecified atom stereocenters. The quantitative estimate of drug-likeness (QED) is 0.691. The number of hydrogen-bond donors (Lipinski definition) is 0. The molecule has 0 saturated heterocycles.